The first-order valence-corrected chi connectivity index (χ1v) is 9.69. The Bertz CT molecular complexity index is 1030. The third kappa shape index (κ3) is 5.68. The Balaban J connectivity index is 1.55. The fourth-order valence-electron chi connectivity index (χ4n) is 3.03. The smallest absolute Gasteiger partial charge is 0.417 e. The second kappa shape index (κ2) is 9.15. The number of halogens is 5. The van der Waals surface area contributed by atoms with Crippen molar-refractivity contribution in [3.63, 3.8) is 0 Å². The Morgan fingerprint density at radius 1 is 1.16 bits per heavy atom. The van der Waals surface area contributed by atoms with E-state index in [4.69, 9.17) is 27.9 Å². The number of amides is 2. The van der Waals surface area contributed by atoms with Crippen molar-refractivity contribution in [3.05, 3.63) is 58.1 Å². The number of hydrogen-bond acceptors (Lipinski definition) is 4. The molecule has 0 bridgehead atoms. The lowest BCUT2D eigenvalue weighted by atomic mass is 10.1. The molecule has 2 aromatic carbocycles. The molecule has 1 atom stereocenters. The van der Waals surface area contributed by atoms with Gasteiger partial charge in [-0.05, 0) is 36.4 Å². The first kappa shape index (κ1) is 22.9. The van der Waals surface area contributed by atoms with E-state index in [1.807, 2.05) is 0 Å². The number of carbonyl (C=O) groups is 3. The highest BCUT2D eigenvalue weighted by Gasteiger charge is 2.36. The molecule has 11 heteroatoms. The minimum Gasteiger partial charge on any atom is -0.455 e. The molecule has 1 fully saturated rings. The Kier molecular flexibility index (Phi) is 6.76. The van der Waals surface area contributed by atoms with Crippen LogP contribution in [0.25, 0.3) is 0 Å². The highest BCUT2D eigenvalue weighted by Crippen LogP contribution is 2.36. The number of nitrogens with zero attached hydrogens (tertiary/aromatic N) is 1. The Morgan fingerprint density at radius 2 is 1.90 bits per heavy atom. The number of anilines is 2. The summed E-state index contributed by atoms with van der Waals surface area (Å²) in [4.78, 5) is 37.8. The van der Waals surface area contributed by atoms with Gasteiger partial charge in [0, 0.05) is 29.4 Å². The maximum atomic E-state index is 12.9. The molecule has 0 aromatic heterocycles. The normalized spacial score (nSPS) is 16.4. The summed E-state index contributed by atoms with van der Waals surface area (Å²) < 4.78 is 43.6. The number of hydrogen-bond donors (Lipinski definition) is 1. The summed E-state index contributed by atoms with van der Waals surface area (Å²) >= 11 is 11.4. The molecule has 3 rings (SSSR count). The molecule has 1 aliphatic heterocycles. The van der Waals surface area contributed by atoms with Crippen LogP contribution in [0.4, 0.5) is 24.5 Å². The van der Waals surface area contributed by atoms with E-state index in [1.165, 1.54) is 11.0 Å². The van der Waals surface area contributed by atoms with Gasteiger partial charge in [-0.15, -0.1) is 0 Å². The fourth-order valence-corrected chi connectivity index (χ4v) is 3.44. The highest BCUT2D eigenvalue weighted by atomic mass is 35.5. The van der Waals surface area contributed by atoms with E-state index >= 15 is 0 Å². The van der Waals surface area contributed by atoms with Crippen molar-refractivity contribution in [1.29, 1.82) is 0 Å². The number of esters is 1. The van der Waals surface area contributed by atoms with E-state index in [0.29, 0.717) is 16.8 Å². The maximum Gasteiger partial charge on any atom is 0.417 e. The lowest BCUT2D eigenvalue weighted by molar-refractivity contribution is -0.151. The summed E-state index contributed by atoms with van der Waals surface area (Å²) in [7, 11) is 0. The van der Waals surface area contributed by atoms with Gasteiger partial charge < -0.3 is 15.0 Å². The third-order valence-corrected chi connectivity index (χ3v) is 5.04. The van der Waals surface area contributed by atoms with E-state index in [-0.39, 0.29) is 24.6 Å². The fraction of sp³-hybridized carbons (Fsp3) is 0.250. The zero-order valence-electron chi connectivity index (χ0n) is 15.7. The van der Waals surface area contributed by atoms with Gasteiger partial charge in [-0.1, -0.05) is 29.3 Å². The Hall–Kier alpha value is -2.78. The third-order valence-electron chi connectivity index (χ3n) is 4.48. The van der Waals surface area contributed by atoms with Crippen LogP contribution in [0.3, 0.4) is 0 Å². The predicted molar refractivity (Wildman–Crippen MR) is 108 cm³/mol. The largest absolute Gasteiger partial charge is 0.455 e. The molecule has 2 amide bonds. The van der Waals surface area contributed by atoms with Crippen molar-refractivity contribution in [3.8, 4) is 0 Å². The van der Waals surface area contributed by atoms with Crippen LogP contribution >= 0.6 is 23.2 Å². The first-order valence-electron chi connectivity index (χ1n) is 8.94. The van der Waals surface area contributed by atoms with E-state index < -0.39 is 41.2 Å². The van der Waals surface area contributed by atoms with Gasteiger partial charge in [0.25, 0.3) is 5.91 Å². The summed E-state index contributed by atoms with van der Waals surface area (Å²) in [5, 5.41) is 2.14. The number of nitrogens with one attached hydrogen (secondary N) is 1. The van der Waals surface area contributed by atoms with Crippen LogP contribution in [0.2, 0.25) is 10.0 Å². The molecule has 0 unspecified atom stereocenters. The van der Waals surface area contributed by atoms with E-state index in [9.17, 15) is 27.6 Å². The SMILES string of the molecule is O=C(COC(=O)[C@@H]1CC(=O)N(c2cccc(Cl)c2)C1)Nc1ccc(Cl)c(C(F)(F)F)c1. The number of rotatable bonds is 5. The molecule has 0 saturated carbocycles. The Labute approximate surface area is 184 Å². The minimum atomic E-state index is -4.69. The van der Waals surface area contributed by atoms with Crippen LogP contribution < -0.4 is 10.2 Å². The molecular formula is C20H15Cl2F3N2O4. The molecule has 31 heavy (non-hydrogen) atoms. The monoisotopic (exact) mass is 474 g/mol. The number of ether oxygens (including phenoxy) is 1. The average molecular weight is 475 g/mol. The molecule has 1 heterocycles. The molecule has 0 radical (unpaired) electrons. The summed E-state index contributed by atoms with van der Waals surface area (Å²) in [5.74, 6) is -2.68. The number of carbonyl (C=O) groups excluding carboxylic acids is 3. The van der Waals surface area contributed by atoms with E-state index in [2.05, 4.69) is 5.32 Å². The molecule has 0 spiro atoms. The molecule has 2 aromatic rings. The average Bonchev–Trinajstić information content (AvgIpc) is 3.08. The van der Waals surface area contributed by atoms with Gasteiger partial charge in [0.05, 0.1) is 16.5 Å². The standard InChI is InChI=1S/C20H15Cl2F3N2O4/c21-12-2-1-3-14(7-12)27-9-11(6-18(27)29)19(30)31-10-17(28)26-13-4-5-16(22)15(8-13)20(23,24)25/h1-5,7-8,11H,6,9-10H2,(H,26,28)/t11-/m1/s1. The summed E-state index contributed by atoms with van der Waals surface area (Å²) in [6, 6.07) is 9.45. The zero-order chi connectivity index (χ0) is 22.8. The van der Waals surface area contributed by atoms with Gasteiger partial charge in [0.1, 0.15) is 0 Å². The molecule has 1 saturated heterocycles. The Morgan fingerprint density at radius 3 is 2.58 bits per heavy atom. The summed E-state index contributed by atoms with van der Waals surface area (Å²) in [5.41, 5.74) is -0.718. The lowest BCUT2D eigenvalue weighted by Gasteiger charge is -2.16. The molecule has 0 aliphatic carbocycles. The predicted octanol–water partition coefficient (Wildman–Crippen LogP) is 4.55. The van der Waals surface area contributed by atoms with Crippen LogP contribution in [-0.2, 0) is 25.3 Å². The summed E-state index contributed by atoms with van der Waals surface area (Å²) in [6.45, 7) is -0.656. The molecule has 1 aliphatic rings. The van der Waals surface area contributed by atoms with E-state index in [1.54, 1.807) is 24.3 Å². The quantitative estimate of drug-likeness (QED) is 0.645. The van der Waals surface area contributed by atoms with Gasteiger partial charge in [0.2, 0.25) is 5.91 Å². The van der Waals surface area contributed by atoms with Crippen molar-refractivity contribution in [2.75, 3.05) is 23.4 Å². The van der Waals surface area contributed by atoms with Crippen LogP contribution in [0.1, 0.15) is 12.0 Å². The van der Waals surface area contributed by atoms with Crippen LogP contribution in [0.15, 0.2) is 42.5 Å². The van der Waals surface area contributed by atoms with Gasteiger partial charge in [-0.2, -0.15) is 13.2 Å². The second-order valence-electron chi connectivity index (χ2n) is 6.73. The highest BCUT2D eigenvalue weighted by molar-refractivity contribution is 6.31. The van der Waals surface area contributed by atoms with Gasteiger partial charge in [-0.25, -0.2) is 0 Å². The van der Waals surface area contributed by atoms with E-state index in [0.717, 1.165) is 6.07 Å². The number of alkyl halides is 3. The van der Waals surface area contributed by atoms with Crippen molar-refractivity contribution >= 4 is 52.4 Å². The first-order chi connectivity index (χ1) is 14.5. The topological polar surface area (TPSA) is 75.7 Å². The van der Waals surface area contributed by atoms with Crippen molar-refractivity contribution < 1.29 is 32.3 Å². The van der Waals surface area contributed by atoms with Crippen molar-refractivity contribution in [1.82, 2.24) is 0 Å². The van der Waals surface area contributed by atoms with Gasteiger partial charge in [-0.3, -0.25) is 14.4 Å². The molecule has 1 N–H and O–H groups in total. The van der Waals surface area contributed by atoms with Gasteiger partial charge in [0.15, 0.2) is 6.61 Å². The van der Waals surface area contributed by atoms with Crippen LogP contribution in [-0.4, -0.2) is 30.9 Å². The van der Waals surface area contributed by atoms with Crippen molar-refractivity contribution in [2.45, 2.75) is 12.6 Å². The molecular weight excluding hydrogens is 460 g/mol. The van der Waals surface area contributed by atoms with Gasteiger partial charge >= 0.3 is 12.1 Å². The minimum absolute atomic E-state index is 0.0613. The van der Waals surface area contributed by atoms with Crippen LogP contribution in [0.5, 0.6) is 0 Å². The molecule has 164 valence electrons. The zero-order valence-corrected chi connectivity index (χ0v) is 17.2. The summed E-state index contributed by atoms with van der Waals surface area (Å²) in [6.07, 6.45) is -4.78. The van der Waals surface area contributed by atoms with Crippen molar-refractivity contribution in [2.24, 2.45) is 5.92 Å². The lowest BCUT2D eigenvalue weighted by Crippen LogP contribution is -2.28. The molecule has 6 nitrogen and oxygen atoms in total. The number of benzene rings is 2. The van der Waals surface area contributed by atoms with Crippen LogP contribution in [0, 0.1) is 5.92 Å². The second-order valence-corrected chi connectivity index (χ2v) is 7.58. The maximum absolute atomic E-state index is 12.9.